The van der Waals surface area contributed by atoms with Crippen LogP contribution in [-0.4, -0.2) is 5.11 Å². The first-order valence-corrected chi connectivity index (χ1v) is 7.58. The van der Waals surface area contributed by atoms with E-state index in [1.165, 1.54) is 31.4 Å². The van der Waals surface area contributed by atoms with Gasteiger partial charge in [-0.05, 0) is 74.0 Å². The molecule has 0 radical (unpaired) electrons. The molecular formula is C17H21FO. The van der Waals surface area contributed by atoms with Crippen LogP contribution in [0.2, 0.25) is 0 Å². The van der Waals surface area contributed by atoms with E-state index < -0.39 is 6.10 Å². The molecule has 1 aromatic rings. The molecule has 1 nitrogen and oxygen atoms in total. The third-order valence-corrected chi connectivity index (χ3v) is 5.83. The SMILES string of the molecule is OC(c1cccc(F)c1)C12CC3CC(CC(C3)C1)C2. The Hall–Kier alpha value is -0.890. The van der Waals surface area contributed by atoms with Gasteiger partial charge < -0.3 is 5.11 Å². The molecule has 4 bridgehead atoms. The molecule has 4 saturated carbocycles. The van der Waals surface area contributed by atoms with Gasteiger partial charge in [0.15, 0.2) is 0 Å². The molecule has 1 atom stereocenters. The summed E-state index contributed by atoms with van der Waals surface area (Å²) in [6.07, 6.45) is 7.08. The zero-order chi connectivity index (χ0) is 13.0. The van der Waals surface area contributed by atoms with E-state index in [2.05, 4.69) is 0 Å². The third kappa shape index (κ3) is 1.84. The molecule has 1 unspecified atom stereocenters. The van der Waals surface area contributed by atoms with Crippen molar-refractivity contribution in [1.29, 1.82) is 0 Å². The zero-order valence-electron chi connectivity index (χ0n) is 11.2. The van der Waals surface area contributed by atoms with E-state index in [9.17, 15) is 9.50 Å². The smallest absolute Gasteiger partial charge is 0.123 e. The average molecular weight is 260 g/mol. The van der Waals surface area contributed by atoms with Crippen molar-refractivity contribution < 1.29 is 9.50 Å². The van der Waals surface area contributed by atoms with E-state index in [0.717, 1.165) is 42.6 Å². The van der Waals surface area contributed by atoms with E-state index in [4.69, 9.17) is 0 Å². The molecule has 0 spiro atoms. The summed E-state index contributed by atoms with van der Waals surface area (Å²) < 4.78 is 13.4. The predicted molar refractivity (Wildman–Crippen MR) is 72.0 cm³/mol. The fourth-order valence-corrected chi connectivity index (χ4v) is 5.54. The van der Waals surface area contributed by atoms with Gasteiger partial charge in [-0.25, -0.2) is 4.39 Å². The van der Waals surface area contributed by atoms with Crippen molar-refractivity contribution in [1.82, 2.24) is 0 Å². The highest BCUT2D eigenvalue weighted by Crippen LogP contribution is 2.63. The normalized spacial score (nSPS) is 41.5. The number of hydrogen-bond donors (Lipinski definition) is 1. The van der Waals surface area contributed by atoms with Crippen LogP contribution in [0.15, 0.2) is 24.3 Å². The Labute approximate surface area is 113 Å². The quantitative estimate of drug-likeness (QED) is 0.849. The highest BCUT2D eigenvalue weighted by atomic mass is 19.1. The molecular weight excluding hydrogens is 239 g/mol. The topological polar surface area (TPSA) is 20.2 Å². The summed E-state index contributed by atoms with van der Waals surface area (Å²) in [4.78, 5) is 0. The van der Waals surface area contributed by atoms with Gasteiger partial charge in [0.2, 0.25) is 0 Å². The van der Waals surface area contributed by atoms with Crippen molar-refractivity contribution in [2.75, 3.05) is 0 Å². The minimum Gasteiger partial charge on any atom is -0.388 e. The van der Waals surface area contributed by atoms with Crippen LogP contribution in [0, 0.1) is 29.0 Å². The predicted octanol–water partition coefficient (Wildman–Crippen LogP) is 4.08. The molecule has 19 heavy (non-hydrogen) atoms. The van der Waals surface area contributed by atoms with Gasteiger partial charge >= 0.3 is 0 Å². The molecule has 102 valence electrons. The standard InChI is InChI=1S/C17H21FO/c18-15-3-1-2-14(7-15)16(19)17-8-11-4-12(9-17)6-13(5-11)10-17/h1-3,7,11-13,16,19H,4-6,8-10H2. The fraction of sp³-hybridized carbons (Fsp3) is 0.647. The van der Waals surface area contributed by atoms with Crippen molar-refractivity contribution in [2.45, 2.75) is 44.6 Å². The first-order valence-electron chi connectivity index (χ1n) is 7.58. The second kappa shape index (κ2) is 4.05. The van der Waals surface area contributed by atoms with Crippen molar-refractivity contribution in [3.63, 3.8) is 0 Å². The molecule has 2 heteroatoms. The van der Waals surface area contributed by atoms with Crippen LogP contribution in [0.3, 0.4) is 0 Å². The number of halogens is 1. The minimum absolute atomic E-state index is 0.0442. The highest BCUT2D eigenvalue weighted by Gasteiger charge is 2.54. The van der Waals surface area contributed by atoms with Gasteiger partial charge in [0.25, 0.3) is 0 Å². The largest absolute Gasteiger partial charge is 0.388 e. The summed E-state index contributed by atoms with van der Waals surface area (Å²) >= 11 is 0. The van der Waals surface area contributed by atoms with Crippen molar-refractivity contribution in [2.24, 2.45) is 23.2 Å². The molecule has 0 amide bonds. The second-order valence-electron chi connectivity index (χ2n) is 7.24. The van der Waals surface area contributed by atoms with Crippen molar-refractivity contribution >= 4 is 0 Å². The molecule has 5 rings (SSSR count). The maximum Gasteiger partial charge on any atom is 0.123 e. The Morgan fingerprint density at radius 3 is 2.16 bits per heavy atom. The molecule has 0 aromatic heterocycles. The molecule has 0 heterocycles. The van der Waals surface area contributed by atoms with E-state index in [0.29, 0.717) is 0 Å². The van der Waals surface area contributed by atoms with Gasteiger partial charge in [0.05, 0.1) is 6.10 Å². The summed E-state index contributed by atoms with van der Waals surface area (Å²) in [7, 11) is 0. The van der Waals surface area contributed by atoms with Crippen LogP contribution >= 0.6 is 0 Å². The highest BCUT2D eigenvalue weighted by molar-refractivity contribution is 5.22. The number of hydrogen-bond acceptors (Lipinski definition) is 1. The Bertz CT molecular complexity index is 461. The van der Waals surface area contributed by atoms with Crippen molar-refractivity contribution in [3.8, 4) is 0 Å². The van der Waals surface area contributed by atoms with Crippen LogP contribution in [-0.2, 0) is 0 Å². The summed E-state index contributed by atoms with van der Waals surface area (Å²) in [6, 6.07) is 6.57. The lowest BCUT2D eigenvalue weighted by molar-refractivity contribution is -0.122. The maximum atomic E-state index is 13.4. The maximum absolute atomic E-state index is 13.4. The van der Waals surface area contributed by atoms with E-state index in [1.54, 1.807) is 6.07 Å². The van der Waals surface area contributed by atoms with Gasteiger partial charge in [-0.2, -0.15) is 0 Å². The number of rotatable bonds is 2. The third-order valence-electron chi connectivity index (χ3n) is 5.83. The van der Waals surface area contributed by atoms with E-state index >= 15 is 0 Å². The van der Waals surface area contributed by atoms with E-state index in [1.807, 2.05) is 6.07 Å². The Kier molecular flexibility index (Phi) is 2.54. The van der Waals surface area contributed by atoms with Gasteiger partial charge in [-0.3, -0.25) is 0 Å². The molecule has 1 N–H and O–H groups in total. The summed E-state index contributed by atoms with van der Waals surface area (Å²) in [5, 5.41) is 10.8. The van der Waals surface area contributed by atoms with Crippen LogP contribution in [0.25, 0.3) is 0 Å². The van der Waals surface area contributed by atoms with E-state index in [-0.39, 0.29) is 11.2 Å². The fourth-order valence-electron chi connectivity index (χ4n) is 5.54. The number of aliphatic hydroxyl groups excluding tert-OH is 1. The van der Waals surface area contributed by atoms with Gasteiger partial charge in [-0.15, -0.1) is 0 Å². The van der Waals surface area contributed by atoms with Crippen LogP contribution in [0.4, 0.5) is 4.39 Å². The second-order valence-corrected chi connectivity index (χ2v) is 7.24. The van der Waals surface area contributed by atoms with Crippen molar-refractivity contribution in [3.05, 3.63) is 35.6 Å². The molecule has 4 fully saturated rings. The van der Waals surface area contributed by atoms with Crippen LogP contribution < -0.4 is 0 Å². The lowest BCUT2D eigenvalue weighted by atomic mass is 9.47. The molecule has 1 aromatic carbocycles. The summed E-state index contributed by atoms with van der Waals surface area (Å²) in [5.74, 6) is 2.21. The molecule has 4 aliphatic rings. The van der Waals surface area contributed by atoms with Gasteiger partial charge in [0.1, 0.15) is 5.82 Å². The summed E-state index contributed by atoms with van der Waals surface area (Å²) in [5.41, 5.74) is 0.824. The Morgan fingerprint density at radius 1 is 1.05 bits per heavy atom. The van der Waals surface area contributed by atoms with Crippen LogP contribution in [0.5, 0.6) is 0 Å². The van der Waals surface area contributed by atoms with Gasteiger partial charge in [0, 0.05) is 5.41 Å². The minimum atomic E-state index is -0.475. The Balaban J connectivity index is 1.68. The first kappa shape index (κ1) is 11.9. The Morgan fingerprint density at radius 2 is 1.63 bits per heavy atom. The summed E-state index contributed by atoms with van der Waals surface area (Å²) in [6.45, 7) is 0. The average Bonchev–Trinajstić information content (AvgIpc) is 2.36. The number of benzene rings is 1. The number of aliphatic hydroxyl groups is 1. The first-order chi connectivity index (χ1) is 9.14. The monoisotopic (exact) mass is 260 g/mol. The van der Waals surface area contributed by atoms with Crippen LogP contribution in [0.1, 0.15) is 50.2 Å². The van der Waals surface area contributed by atoms with Gasteiger partial charge in [-0.1, -0.05) is 12.1 Å². The lowest BCUT2D eigenvalue weighted by Gasteiger charge is -2.58. The molecule has 0 saturated heterocycles. The molecule has 0 aliphatic heterocycles. The zero-order valence-corrected chi connectivity index (χ0v) is 11.2. The molecule has 4 aliphatic carbocycles. The lowest BCUT2D eigenvalue weighted by Crippen LogP contribution is -2.48.